The van der Waals surface area contributed by atoms with Crippen LogP contribution in [-0.2, 0) is 16.6 Å². The van der Waals surface area contributed by atoms with Crippen LogP contribution in [0.5, 0.6) is 0 Å². The molecule has 2 fully saturated rings. The minimum atomic E-state index is -3.59. The molecule has 7 heteroatoms. The van der Waals surface area contributed by atoms with E-state index in [0.717, 1.165) is 24.1 Å². The molecule has 118 valence electrons. The number of sulfonamides is 1. The van der Waals surface area contributed by atoms with Crippen molar-refractivity contribution in [2.24, 2.45) is 5.92 Å². The van der Waals surface area contributed by atoms with Crippen molar-refractivity contribution in [1.82, 2.24) is 20.2 Å². The van der Waals surface area contributed by atoms with Crippen molar-refractivity contribution >= 4 is 10.0 Å². The molecule has 1 aromatic heterocycles. The smallest absolute Gasteiger partial charge is 0.260 e. The third-order valence-electron chi connectivity index (χ3n) is 4.43. The van der Waals surface area contributed by atoms with E-state index in [4.69, 9.17) is 0 Å². The zero-order valence-electron chi connectivity index (χ0n) is 12.9. The third-order valence-corrected chi connectivity index (χ3v) is 6.07. The highest BCUT2D eigenvalue weighted by Gasteiger charge is 2.41. The summed E-state index contributed by atoms with van der Waals surface area (Å²) in [5.74, 6) is 0.431. The number of aromatic nitrogens is 2. The van der Waals surface area contributed by atoms with Gasteiger partial charge in [-0.05, 0) is 52.4 Å². The minimum Gasteiger partial charge on any atom is -0.310 e. The fourth-order valence-corrected chi connectivity index (χ4v) is 4.35. The van der Waals surface area contributed by atoms with Crippen LogP contribution in [0.15, 0.2) is 5.03 Å². The highest BCUT2D eigenvalue weighted by molar-refractivity contribution is 7.89. The third kappa shape index (κ3) is 3.30. The summed E-state index contributed by atoms with van der Waals surface area (Å²) in [4.78, 5) is 0. The minimum absolute atomic E-state index is 0.141. The van der Waals surface area contributed by atoms with Crippen molar-refractivity contribution in [2.45, 2.75) is 69.6 Å². The summed E-state index contributed by atoms with van der Waals surface area (Å²) in [6.07, 6.45) is 4.52. The first kappa shape index (κ1) is 15.0. The average Bonchev–Trinajstić information content (AvgIpc) is 3.23. The van der Waals surface area contributed by atoms with E-state index in [0.29, 0.717) is 18.5 Å². The summed E-state index contributed by atoms with van der Waals surface area (Å²) in [6, 6.07) is 0.533. The van der Waals surface area contributed by atoms with Crippen LogP contribution in [0.3, 0.4) is 0 Å². The number of hydrogen-bond acceptors (Lipinski definition) is 4. The fraction of sp³-hybridized carbons (Fsp3) is 0.786. The molecule has 6 nitrogen and oxygen atoms in total. The second kappa shape index (κ2) is 5.07. The molecule has 0 aromatic carbocycles. The lowest BCUT2D eigenvalue weighted by Gasteiger charge is -2.25. The molecule has 1 heterocycles. The van der Waals surface area contributed by atoms with E-state index in [-0.39, 0.29) is 5.03 Å². The molecular formula is C14H24N4O2S. The van der Waals surface area contributed by atoms with Gasteiger partial charge in [0.05, 0.1) is 0 Å². The lowest BCUT2D eigenvalue weighted by atomic mass is 10.0. The maximum Gasteiger partial charge on any atom is 0.260 e. The van der Waals surface area contributed by atoms with Crippen LogP contribution in [-0.4, -0.2) is 30.2 Å². The molecule has 0 saturated heterocycles. The molecule has 3 N–H and O–H groups in total. The van der Waals surface area contributed by atoms with E-state index < -0.39 is 15.6 Å². The quantitative estimate of drug-likeness (QED) is 0.711. The summed E-state index contributed by atoms with van der Waals surface area (Å²) in [5.41, 5.74) is 1.15. The van der Waals surface area contributed by atoms with Crippen molar-refractivity contribution in [3.05, 3.63) is 11.3 Å². The number of aromatic amines is 1. The molecule has 3 rings (SSSR count). The molecule has 0 spiro atoms. The van der Waals surface area contributed by atoms with Crippen molar-refractivity contribution < 1.29 is 8.42 Å². The van der Waals surface area contributed by atoms with Gasteiger partial charge in [-0.25, -0.2) is 13.1 Å². The van der Waals surface area contributed by atoms with E-state index in [1.54, 1.807) is 0 Å². The van der Waals surface area contributed by atoms with Gasteiger partial charge in [-0.15, -0.1) is 0 Å². The standard InChI is InChI=1S/C14H24N4O2S/c1-9-12(8-15-11-6-7-11)13(17-16-9)21(19,20)18-14(2,3)10-4-5-10/h10-11,15,18H,4-8H2,1-3H3,(H,16,17). The Hall–Kier alpha value is -0.920. The Labute approximate surface area is 126 Å². The molecule has 1 aromatic rings. The lowest BCUT2D eigenvalue weighted by molar-refractivity contribution is 0.399. The maximum atomic E-state index is 12.7. The van der Waals surface area contributed by atoms with E-state index in [1.807, 2.05) is 20.8 Å². The zero-order valence-corrected chi connectivity index (χ0v) is 13.7. The monoisotopic (exact) mass is 312 g/mol. The van der Waals surface area contributed by atoms with Crippen molar-refractivity contribution in [3.63, 3.8) is 0 Å². The number of nitrogens with zero attached hydrogens (tertiary/aromatic N) is 1. The van der Waals surface area contributed by atoms with Gasteiger partial charge in [0.25, 0.3) is 10.0 Å². The predicted octanol–water partition coefficient (Wildman–Crippen LogP) is 1.44. The molecular weight excluding hydrogens is 288 g/mol. The van der Waals surface area contributed by atoms with Gasteiger partial charge in [0.2, 0.25) is 0 Å². The number of hydrogen-bond donors (Lipinski definition) is 3. The van der Waals surface area contributed by atoms with Gasteiger partial charge in [0, 0.05) is 29.4 Å². The second-order valence-corrected chi connectivity index (χ2v) is 8.49. The van der Waals surface area contributed by atoms with Gasteiger partial charge < -0.3 is 5.32 Å². The maximum absolute atomic E-state index is 12.7. The van der Waals surface area contributed by atoms with E-state index in [1.165, 1.54) is 12.8 Å². The first-order valence-electron chi connectivity index (χ1n) is 7.61. The summed E-state index contributed by atoms with van der Waals surface area (Å²) in [5, 5.41) is 10.3. The van der Waals surface area contributed by atoms with Crippen LogP contribution in [0, 0.1) is 12.8 Å². The average molecular weight is 312 g/mol. The summed E-state index contributed by atoms with van der Waals surface area (Å²) in [7, 11) is -3.59. The summed E-state index contributed by atoms with van der Waals surface area (Å²) < 4.78 is 28.1. The molecule has 0 bridgehead atoms. The second-order valence-electron chi connectivity index (χ2n) is 6.89. The molecule has 0 radical (unpaired) electrons. The SMILES string of the molecule is Cc1[nH]nc(S(=O)(=O)NC(C)(C)C2CC2)c1CNC1CC1. The van der Waals surface area contributed by atoms with Gasteiger partial charge in [-0.2, -0.15) is 5.10 Å². The Morgan fingerprint density at radius 3 is 2.52 bits per heavy atom. The van der Waals surface area contributed by atoms with Crippen molar-refractivity contribution in [3.8, 4) is 0 Å². The Kier molecular flexibility index (Phi) is 3.62. The highest BCUT2D eigenvalue weighted by Crippen LogP contribution is 2.40. The molecule has 2 saturated carbocycles. The van der Waals surface area contributed by atoms with Gasteiger partial charge in [-0.3, -0.25) is 5.10 Å². The number of rotatable bonds is 7. The van der Waals surface area contributed by atoms with E-state index in [9.17, 15) is 8.42 Å². The summed E-state index contributed by atoms with van der Waals surface area (Å²) >= 11 is 0. The Morgan fingerprint density at radius 2 is 1.95 bits per heavy atom. The largest absolute Gasteiger partial charge is 0.310 e. The Bertz CT molecular complexity index is 627. The van der Waals surface area contributed by atoms with E-state index >= 15 is 0 Å². The van der Waals surface area contributed by atoms with Crippen LogP contribution in [0.4, 0.5) is 0 Å². The first-order valence-corrected chi connectivity index (χ1v) is 9.09. The van der Waals surface area contributed by atoms with Crippen molar-refractivity contribution in [1.29, 1.82) is 0 Å². The first-order chi connectivity index (χ1) is 9.79. The molecule has 0 amide bonds. The molecule has 2 aliphatic carbocycles. The number of aryl methyl sites for hydroxylation is 1. The van der Waals surface area contributed by atoms with Gasteiger partial charge in [0.1, 0.15) is 0 Å². The van der Waals surface area contributed by atoms with Gasteiger partial charge in [-0.1, -0.05) is 0 Å². The molecule has 2 aliphatic rings. The topological polar surface area (TPSA) is 86.9 Å². The fourth-order valence-electron chi connectivity index (χ4n) is 2.68. The van der Waals surface area contributed by atoms with Crippen molar-refractivity contribution in [2.75, 3.05) is 0 Å². The number of H-pyrrole nitrogens is 1. The van der Waals surface area contributed by atoms with Crippen LogP contribution in [0.1, 0.15) is 50.8 Å². The Balaban J connectivity index is 1.80. The number of nitrogens with one attached hydrogen (secondary N) is 3. The van der Waals surface area contributed by atoms with Gasteiger partial charge >= 0.3 is 0 Å². The summed E-state index contributed by atoms with van der Waals surface area (Å²) in [6.45, 7) is 6.31. The van der Waals surface area contributed by atoms with Crippen LogP contribution < -0.4 is 10.0 Å². The molecule has 21 heavy (non-hydrogen) atoms. The molecule has 0 atom stereocenters. The normalized spacial score (nSPS) is 20.0. The zero-order chi connectivity index (χ0) is 15.3. The predicted molar refractivity (Wildman–Crippen MR) is 80.3 cm³/mol. The highest BCUT2D eigenvalue weighted by atomic mass is 32.2. The van der Waals surface area contributed by atoms with Gasteiger partial charge in [0.15, 0.2) is 5.03 Å². The van der Waals surface area contributed by atoms with Crippen LogP contribution >= 0.6 is 0 Å². The molecule has 0 unspecified atom stereocenters. The van der Waals surface area contributed by atoms with Crippen LogP contribution in [0.25, 0.3) is 0 Å². The lowest BCUT2D eigenvalue weighted by Crippen LogP contribution is -2.45. The van der Waals surface area contributed by atoms with E-state index in [2.05, 4.69) is 20.2 Å². The Morgan fingerprint density at radius 1 is 1.29 bits per heavy atom. The van der Waals surface area contributed by atoms with Crippen LogP contribution in [0.2, 0.25) is 0 Å². The molecule has 0 aliphatic heterocycles.